The first kappa shape index (κ1) is 95.8. The molecular weight excluding hydrogens is 1280 g/mol. The van der Waals surface area contributed by atoms with Crippen molar-refractivity contribution in [2.75, 3.05) is 19.8 Å². The van der Waals surface area contributed by atoms with E-state index in [0.717, 1.165) is 44.9 Å². The van der Waals surface area contributed by atoms with Crippen molar-refractivity contribution in [3.8, 4) is 0 Å². The van der Waals surface area contributed by atoms with Crippen molar-refractivity contribution in [3.63, 3.8) is 0 Å². The molecule has 0 aromatic carbocycles. The molecule has 14 nitrogen and oxygen atoms in total. The van der Waals surface area contributed by atoms with Crippen molar-refractivity contribution in [2.45, 2.75) is 473 Å². The number of amides is 1. The molecule has 598 valence electrons. The number of unbranched alkanes of at least 4 members (excludes halogenated alkanes) is 53. The molecule has 9 N–H and O–H groups in total. The Balaban J connectivity index is 1.59. The number of aliphatic hydroxyl groups is 8. The molecular formula is C88H163NO13. The molecule has 0 spiro atoms. The summed E-state index contributed by atoms with van der Waals surface area (Å²) in [6, 6.07) is -0.935. The van der Waals surface area contributed by atoms with Crippen LogP contribution in [0.1, 0.15) is 399 Å². The average molecular weight is 1440 g/mol. The number of ether oxygens (including phenoxy) is 4. The van der Waals surface area contributed by atoms with E-state index in [-0.39, 0.29) is 18.9 Å². The standard InChI is InChI=1S/C88H163NO13/c1-3-5-7-9-11-13-15-17-19-21-23-25-27-29-31-33-35-37-38-40-42-44-46-48-50-52-54-56-58-60-62-64-66-68-70-72-80(93)89-76(75-99-87-85(98)83(96)86(79(74-91)101-87)102-88-84(97)82(95)81(94)78(73-90)100-88)77(92)71-69-67-65-63-61-59-57-55-53-51-49-47-45-43-41-39-36-34-32-30-28-26-24-22-20-18-16-14-12-10-8-6-4-2/h15,17,21,23,27,29,61,63,69,71,76-79,81-88,90-92,94-98H,3-14,16,18-20,22,24-26,28,30-60,62,64-68,70,72-75H2,1-2H3,(H,89,93)/b17-15-,23-21-,29-27-,63-61+,71-69+. The smallest absolute Gasteiger partial charge is 0.220 e. The minimum Gasteiger partial charge on any atom is -0.394 e. The Morgan fingerprint density at radius 3 is 1.03 bits per heavy atom. The molecule has 102 heavy (non-hydrogen) atoms. The number of carbonyl (C=O) groups is 1. The van der Waals surface area contributed by atoms with Crippen molar-refractivity contribution in [3.05, 3.63) is 60.8 Å². The fourth-order valence-electron chi connectivity index (χ4n) is 14.3. The fourth-order valence-corrected chi connectivity index (χ4v) is 14.3. The summed E-state index contributed by atoms with van der Waals surface area (Å²) in [5.74, 6) is -0.242. The summed E-state index contributed by atoms with van der Waals surface area (Å²) in [5.41, 5.74) is 0. The summed E-state index contributed by atoms with van der Waals surface area (Å²) < 4.78 is 22.9. The predicted octanol–water partition coefficient (Wildman–Crippen LogP) is 20.7. The maximum Gasteiger partial charge on any atom is 0.220 e. The molecule has 2 saturated heterocycles. The van der Waals surface area contributed by atoms with E-state index in [2.05, 4.69) is 67.8 Å². The molecule has 0 bridgehead atoms. The minimum atomic E-state index is -1.79. The summed E-state index contributed by atoms with van der Waals surface area (Å²) in [6.07, 6.45) is 81.9. The van der Waals surface area contributed by atoms with Gasteiger partial charge in [-0.1, -0.05) is 383 Å². The first-order valence-electron chi connectivity index (χ1n) is 43.5. The van der Waals surface area contributed by atoms with Crippen LogP contribution in [0.5, 0.6) is 0 Å². The lowest BCUT2D eigenvalue weighted by molar-refractivity contribution is -0.359. The van der Waals surface area contributed by atoms with E-state index < -0.39 is 86.8 Å². The molecule has 2 aliphatic heterocycles. The Kier molecular flexibility index (Phi) is 67.2. The number of carbonyl (C=O) groups excluding carboxylic acids is 1. The topological polar surface area (TPSA) is 228 Å². The zero-order valence-corrected chi connectivity index (χ0v) is 65.9. The third-order valence-electron chi connectivity index (χ3n) is 21.2. The second-order valence-corrected chi connectivity index (χ2v) is 30.7. The first-order valence-corrected chi connectivity index (χ1v) is 43.5. The average Bonchev–Trinajstić information content (AvgIpc) is 0.790. The van der Waals surface area contributed by atoms with E-state index in [1.54, 1.807) is 6.08 Å². The van der Waals surface area contributed by atoms with Gasteiger partial charge in [-0.15, -0.1) is 0 Å². The van der Waals surface area contributed by atoms with E-state index in [1.807, 2.05) is 6.08 Å². The molecule has 2 heterocycles. The fraction of sp³-hybridized carbons (Fsp3) is 0.875. The van der Waals surface area contributed by atoms with Crippen molar-refractivity contribution < 1.29 is 64.6 Å². The van der Waals surface area contributed by atoms with Crippen LogP contribution < -0.4 is 5.32 Å². The van der Waals surface area contributed by atoms with Crippen LogP contribution in [0, 0.1) is 0 Å². The summed E-state index contributed by atoms with van der Waals surface area (Å²) in [4.78, 5) is 13.4. The van der Waals surface area contributed by atoms with Gasteiger partial charge in [0.2, 0.25) is 5.91 Å². The van der Waals surface area contributed by atoms with Gasteiger partial charge in [0.1, 0.15) is 48.8 Å². The zero-order valence-electron chi connectivity index (χ0n) is 65.9. The molecule has 1 amide bonds. The third-order valence-corrected chi connectivity index (χ3v) is 21.2. The van der Waals surface area contributed by atoms with E-state index in [4.69, 9.17) is 18.9 Å². The highest BCUT2D eigenvalue weighted by molar-refractivity contribution is 5.76. The van der Waals surface area contributed by atoms with Crippen LogP contribution in [0.15, 0.2) is 60.8 Å². The highest BCUT2D eigenvalue weighted by atomic mass is 16.7. The molecule has 2 fully saturated rings. The maximum atomic E-state index is 13.4. The summed E-state index contributed by atoms with van der Waals surface area (Å²) in [5, 5.41) is 87.8. The van der Waals surface area contributed by atoms with Crippen LogP contribution in [0.25, 0.3) is 0 Å². The van der Waals surface area contributed by atoms with E-state index in [0.29, 0.717) is 12.8 Å². The van der Waals surface area contributed by atoms with Gasteiger partial charge in [0.05, 0.1) is 32.0 Å². The number of hydrogen-bond donors (Lipinski definition) is 9. The lowest BCUT2D eigenvalue weighted by atomic mass is 9.97. The molecule has 0 aromatic rings. The highest BCUT2D eigenvalue weighted by Gasteiger charge is 2.51. The molecule has 12 unspecified atom stereocenters. The number of rotatable bonds is 74. The van der Waals surface area contributed by atoms with Crippen LogP contribution in [0.4, 0.5) is 0 Å². The molecule has 0 saturated carbocycles. The van der Waals surface area contributed by atoms with E-state index in [9.17, 15) is 45.6 Å². The minimum absolute atomic E-state index is 0.242. The number of aliphatic hydroxyl groups excluding tert-OH is 8. The summed E-state index contributed by atoms with van der Waals surface area (Å²) >= 11 is 0. The van der Waals surface area contributed by atoms with Gasteiger partial charge in [-0.05, 0) is 70.6 Å². The van der Waals surface area contributed by atoms with Crippen molar-refractivity contribution >= 4 is 5.91 Å². The Hall–Kier alpha value is -2.31. The normalized spacial score (nSPS) is 21.9. The van der Waals surface area contributed by atoms with Gasteiger partial charge in [-0.3, -0.25) is 4.79 Å². The number of hydrogen-bond acceptors (Lipinski definition) is 13. The lowest BCUT2D eigenvalue weighted by Gasteiger charge is -2.46. The Labute approximate surface area is 626 Å². The van der Waals surface area contributed by atoms with Crippen molar-refractivity contribution in [1.82, 2.24) is 5.32 Å². The zero-order chi connectivity index (χ0) is 73.7. The van der Waals surface area contributed by atoms with Crippen LogP contribution in [0.2, 0.25) is 0 Å². The summed E-state index contributed by atoms with van der Waals surface area (Å²) in [6.45, 7) is 2.83. The van der Waals surface area contributed by atoms with Crippen LogP contribution in [-0.2, 0) is 23.7 Å². The second kappa shape index (κ2) is 71.6. The SMILES string of the molecule is CCCCCCC/C=C\C/C=C\C/C=C\CCCCCCCCCCCCCCCCCCCCCCC(=O)NC(COC1OC(CO)C(OC2OC(CO)C(O)C(O)C2O)C(O)C1O)C(O)/C=C/CC/C=C/CCCCCCCCCCCCCCCCCCCCCCCCCCCCC. The van der Waals surface area contributed by atoms with Crippen LogP contribution >= 0.6 is 0 Å². The quantitative estimate of drug-likeness (QED) is 0.0204. The van der Waals surface area contributed by atoms with Gasteiger partial charge >= 0.3 is 0 Å². The Morgan fingerprint density at radius 2 is 0.657 bits per heavy atom. The number of nitrogens with one attached hydrogen (secondary N) is 1. The summed E-state index contributed by atoms with van der Waals surface area (Å²) in [7, 11) is 0. The van der Waals surface area contributed by atoms with E-state index in [1.165, 1.54) is 321 Å². The molecule has 0 aliphatic carbocycles. The van der Waals surface area contributed by atoms with Gasteiger partial charge < -0.3 is 65.1 Å². The van der Waals surface area contributed by atoms with Crippen LogP contribution in [-0.4, -0.2) is 140 Å². The number of allylic oxidation sites excluding steroid dienone is 9. The molecule has 2 aliphatic rings. The van der Waals surface area contributed by atoms with Gasteiger partial charge in [-0.25, -0.2) is 0 Å². The first-order chi connectivity index (χ1) is 50.1. The maximum absolute atomic E-state index is 13.4. The van der Waals surface area contributed by atoms with E-state index >= 15 is 0 Å². The van der Waals surface area contributed by atoms with Gasteiger partial charge in [0.25, 0.3) is 0 Å². The highest BCUT2D eigenvalue weighted by Crippen LogP contribution is 2.30. The Bertz CT molecular complexity index is 1950. The Morgan fingerprint density at radius 1 is 0.353 bits per heavy atom. The molecule has 0 aromatic heterocycles. The predicted molar refractivity (Wildman–Crippen MR) is 424 cm³/mol. The van der Waals surface area contributed by atoms with Gasteiger partial charge in [0, 0.05) is 6.42 Å². The van der Waals surface area contributed by atoms with Gasteiger partial charge in [-0.2, -0.15) is 0 Å². The van der Waals surface area contributed by atoms with Crippen molar-refractivity contribution in [1.29, 1.82) is 0 Å². The van der Waals surface area contributed by atoms with Crippen LogP contribution in [0.3, 0.4) is 0 Å². The third kappa shape index (κ3) is 53.5. The lowest BCUT2D eigenvalue weighted by Crippen LogP contribution is -2.65. The largest absolute Gasteiger partial charge is 0.394 e. The molecule has 2 rings (SSSR count). The molecule has 12 atom stereocenters. The van der Waals surface area contributed by atoms with Gasteiger partial charge in [0.15, 0.2) is 12.6 Å². The second-order valence-electron chi connectivity index (χ2n) is 30.7. The molecule has 14 heteroatoms. The molecule has 0 radical (unpaired) electrons. The van der Waals surface area contributed by atoms with Crippen molar-refractivity contribution in [2.24, 2.45) is 0 Å². The monoisotopic (exact) mass is 1440 g/mol.